The summed E-state index contributed by atoms with van der Waals surface area (Å²) in [7, 11) is -2.42. The lowest BCUT2D eigenvalue weighted by atomic mass is 9.92. The molecular weight excluding hydrogens is 555 g/mol. The smallest absolute Gasteiger partial charge is 0.268 e. The van der Waals surface area contributed by atoms with Crippen molar-refractivity contribution < 1.29 is 32.9 Å². The highest BCUT2D eigenvalue weighted by molar-refractivity contribution is 7.33. The van der Waals surface area contributed by atoms with Gasteiger partial charge in [0, 0.05) is 15.7 Å². The molecule has 232 valence electrons. The lowest BCUT2D eigenvalue weighted by molar-refractivity contribution is -0.0590. The Morgan fingerprint density at radius 2 is 0.952 bits per heavy atom. The van der Waals surface area contributed by atoms with E-state index in [9.17, 15) is 14.2 Å². The molecule has 0 unspecified atom stereocenters. The van der Waals surface area contributed by atoms with Gasteiger partial charge < -0.3 is 0 Å². The molecule has 10 heteroatoms. The zero-order chi connectivity index (χ0) is 31.7. The van der Waals surface area contributed by atoms with Gasteiger partial charge in [-0.3, -0.25) is 19.3 Å². The molecule has 0 saturated carbocycles. The molecule has 0 aliphatic carbocycles. The molecule has 0 saturated heterocycles. The lowest BCUT2D eigenvalue weighted by Gasteiger charge is -2.21. The van der Waals surface area contributed by atoms with E-state index in [4.69, 9.17) is 18.7 Å². The molecule has 0 spiro atoms. The molecular formula is C32H48N2O7P+. The van der Waals surface area contributed by atoms with Gasteiger partial charge in [-0.15, -0.1) is 9.05 Å². The Kier molecular flexibility index (Phi) is 13.3. The van der Waals surface area contributed by atoms with Crippen LogP contribution in [0, 0.1) is 0 Å². The Labute approximate surface area is 251 Å². The fraction of sp³-hybridized carbons (Fsp3) is 0.562. The van der Waals surface area contributed by atoms with E-state index >= 15 is 0 Å². The molecule has 2 aromatic rings. The molecule has 0 fully saturated rings. The molecule has 42 heavy (non-hydrogen) atoms. The van der Waals surface area contributed by atoms with E-state index in [-0.39, 0.29) is 25.0 Å². The summed E-state index contributed by atoms with van der Waals surface area (Å²) in [6, 6.07) is 7.14. The first kappa shape index (κ1) is 35.5. The quantitative estimate of drug-likeness (QED) is 0.173. The molecule has 2 aromatic carbocycles. The van der Waals surface area contributed by atoms with Crippen LogP contribution in [0.25, 0.3) is 0 Å². The van der Waals surface area contributed by atoms with Gasteiger partial charge in [-0.05, 0) is 113 Å². The molecule has 2 N–H and O–H groups in total. The third-order valence-corrected chi connectivity index (χ3v) is 7.19. The fourth-order valence-corrected chi connectivity index (χ4v) is 5.22. The van der Waals surface area contributed by atoms with Crippen LogP contribution in [-0.2, 0) is 62.2 Å². The van der Waals surface area contributed by atoms with E-state index in [1.165, 1.54) is 0 Å². The summed E-state index contributed by atoms with van der Waals surface area (Å²) >= 11 is 0. The fourth-order valence-electron chi connectivity index (χ4n) is 4.66. The van der Waals surface area contributed by atoms with Gasteiger partial charge >= 0.3 is 8.25 Å². The normalized spacial score (nSPS) is 11.9. The Morgan fingerprint density at radius 3 is 1.24 bits per heavy atom. The molecule has 0 aromatic heterocycles. The van der Waals surface area contributed by atoms with Crippen LogP contribution in [0.2, 0.25) is 0 Å². The summed E-state index contributed by atoms with van der Waals surface area (Å²) in [5, 5.41) is 0. The van der Waals surface area contributed by atoms with E-state index in [0.29, 0.717) is 36.8 Å². The number of carbonyl (C=O) groups excluding carboxylic acids is 2. The number of hydrogen-bond donors (Lipinski definition) is 2. The molecule has 0 aliphatic heterocycles. The highest BCUT2D eigenvalue weighted by Gasteiger charge is 2.26. The van der Waals surface area contributed by atoms with Crippen molar-refractivity contribution in [1.82, 2.24) is 11.0 Å². The minimum absolute atomic E-state index is 0.0828. The molecule has 0 atom stereocenters. The van der Waals surface area contributed by atoms with Crippen LogP contribution in [0.15, 0.2) is 24.3 Å². The van der Waals surface area contributed by atoms with E-state index in [1.807, 2.05) is 81.4 Å². The van der Waals surface area contributed by atoms with Crippen molar-refractivity contribution in [2.75, 3.05) is 0 Å². The average Bonchev–Trinajstić information content (AvgIpc) is 2.94. The minimum atomic E-state index is -2.42. The predicted octanol–water partition coefficient (Wildman–Crippen LogP) is 7.25. The van der Waals surface area contributed by atoms with Crippen molar-refractivity contribution in [2.45, 2.75) is 119 Å². The summed E-state index contributed by atoms with van der Waals surface area (Å²) in [4.78, 5) is 36.5. The Hall–Kier alpha value is -2.68. The van der Waals surface area contributed by atoms with E-state index < -0.39 is 19.5 Å². The second-order valence-electron chi connectivity index (χ2n) is 11.9. The van der Waals surface area contributed by atoms with E-state index in [1.54, 1.807) is 12.1 Å². The molecule has 2 amide bonds. The van der Waals surface area contributed by atoms with E-state index in [2.05, 4.69) is 11.0 Å². The monoisotopic (exact) mass is 603 g/mol. The highest BCUT2D eigenvalue weighted by atomic mass is 31.1. The number of rotatable bonds is 14. The van der Waals surface area contributed by atoms with Crippen LogP contribution in [0.5, 0.6) is 0 Å². The molecule has 9 nitrogen and oxygen atoms in total. The topological polar surface area (TPSA) is 112 Å². The van der Waals surface area contributed by atoms with Crippen LogP contribution in [0.3, 0.4) is 0 Å². The van der Waals surface area contributed by atoms with Crippen molar-refractivity contribution in [3.8, 4) is 0 Å². The molecule has 0 radical (unpaired) electrons. The van der Waals surface area contributed by atoms with Crippen LogP contribution in [-0.4, -0.2) is 23.0 Å². The molecule has 0 aliphatic rings. The third-order valence-electron chi connectivity index (χ3n) is 6.51. The number of hydrogen-bond acceptors (Lipinski definition) is 7. The van der Waals surface area contributed by atoms with E-state index in [0.717, 1.165) is 33.4 Å². The van der Waals surface area contributed by atoms with Crippen LogP contribution in [0.4, 0.5) is 0 Å². The van der Waals surface area contributed by atoms with Crippen molar-refractivity contribution in [1.29, 1.82) is 0 Å². The first-order chi connectivity index (χ1) is 19.6. The zero-order valence-electron chi connectivity index (χ0n) is 26.9. The molecule has 0 bridgehead atoms. The van der Waals surface area contributed by atoms with Gasteiger partial charge in [-0.1, -0.05) is 39.8 Å². The lowest BCUT2D eigenvalue weighted by Crippen LogP contribution is -2.34. The second kappa shape index (κ2) is 15.7. The highest BCUT2D eigenvalue weighted by Crippen LogP contribution is 2.32. The minimum Gasteiger partial charge on any atom is -0.268 e. The van der Waals surface area contributed by atoms with Gasteiger partial charge in [0.2, 0.25) is 0 Å². The van der Waals surface area contributed by atoms with Crippen LogP contribution >= 0.6 is 8.25 Å². The Morgan fingerprint density at radius 1 is 0.619 bits per heavy atom. The molecule has 2 rings (SSSR count). The van der Waals surface area contributed by atoms with Crippen molar-refractivity contribution >= 4 is 20.1 Å². The maximum Gasteiger partial charge on any atom is 0.698 e. The van der Waals surface area contributed by atoms with Crippen LogP contribution < -0.4 is 11.0 Å². The number of carbonyl (C=O) groups is 2. The average molecular weight is 604 g/mol. The Balaban J connectivity index is 2.12. The predicted molar refractivity (Wildman–Crippen MR) is 164 cm³/mol. The van der Waals surface area contributed by atoms with Crippen molar-refractivity contribution in [2.24, 2.45) is 0 Å². The number of nitrogens with one attached hydrogen (secondary N) is 2. The zero-order valence-corrected chi connectivity index (χ0v) is 27.8. The van der Waals surface area contributed by atoms with Gasteiger partial charge in [-0.2, -0.15) is 0 Å². The summed E-state index contributed by atoms with van der Waals surface area (Å²) in [5.74, 6) is -0.608. The standard InChI is InChI=1S/C32H47N2O7P/c1-11-23-21(15-17-27(25(23)13-3)29(35)33-40-31(5,6)7)19-38-42(37)39-20-22-16-18-28(26(14-4)24(22)12-2)30(36)34-41-32(8,9)10/h15-18H,11-14,19-20H2,1-10H3,(H-,33,34,35,36)/p+1. The Bertz CT molecular complexity index is 1170. The van der Waals surface area contributed by atoms with Gasteiger partial charge in [0.1, 0.15) is 13.2 Å². The summed E-state index contributed by atoms with van der Waals surface area (Å²) in [6.45, 7) is 19.3. The largest absolute Gasteiger partial charge is 0.698 e. The number of benzene rings is 2. The van der Waals surface area contributed by atoms with Crippen molar-refractivity contribution in [3.05, 3.63) is 68.8 Å². The van der Waals surface area contributed by atoms with Gasteiger partial charge in [0.05, 0.1) is 11.2 Å². The maximum absolute atomic E-state index is 12.8. The second-order valence-corrected chi connectivity index (χ2v) is 12.9. The molecule has 0 heterocycles. The summed E-state index contributed by atoms with van der Waals surface area (Å²) in [6.07, 6.45) is 2.66. The van der Waals surface area contributed by atoms with Gasteiger partial charge in [0.25, 0.3) is 11.8 Å². The first-order valence-electron chi connectivity index (χ1n) is 14.6. The number of hydroxylamine groups is 2. The SMILES string of the molecule is CCc1c(CO[P+](=O)OCc2ccc(C(=O)NOC(C)(C)C)c(CC)c2CC)ccc(C(=O)NOC(C)(C)C)c1CC. The van der Waals surface area contributed by atoms with Gasteiger partial charge in [0.15, 0.2) is 0 Å². The van der Waals surface area contributed by atoms with Crippen molar-refractivity contribution in [3.63, 3.8) is 0 Å². The summed E-state index contributed by atoms with van der Waals surface area (Å²) < 4.78 is 24.0. The van der Waals surface area contributed by atoms with Gasteiger partial charge in [-0.25, -0.2) is 11.0 Å². The third kappa shape index (κ3) is 10.2. The number of amides is 2. The van der Waals surface area contributed by atoms with Crippen LogP contribution in [0.1, 0.15) is 123 Å². The maximum atomic E-state index is 12.8. The first-order valence-corrected chi connectivity index (χ1v) is 15.7. The summed E-state index contributed by atoms with van der Waals surface area (Å²) in [5.41, 5.74) is 10.6.